The fourth-order valence-electron chi connectivity index (χ4n) is 1.79. The molecule has 0 atom stereocenters. The van der Waals surface area contributed by atoms with Crippen LogP contribution in [-0.4, -0.2) is 37.9 Å². The van der Waals surface area contributed by atoms with E-state index in [0.29, 0.717) is 16.8 Å². The molecule has 0 aliphatic rings. The first-order valence-corrected chi connectivity index (χ1v) is 8.21. The summed E-state index contributed by atoms with van der Waals surface area (Å²) in [6.07, 6.45) is 1.88. The second kappa shape index (κ2) is 5.64. The number of halogens is 1. The van der Waals surface area contributed by atoms with Crippen LogP contribution in [0.2, 0.25) is 0 Å². The molecule has 108 valence electrons. The number of fused-ring (bicyclic) bond motifs is 1. The van der Waals surface area contributed by atoms with E-state index in [4.69, 9.17) is 10.5 Å². The third-order valence-electron chi connectivity index (χ3n) is 2.81. The summed E-state index contributed by atoms with van der Waals surface area (Å²) >= 11 is 3.64. The van der Waals surface area contributed by atoms with Crippen molar-refractivity contribution in [3.8, 4) is 17.1 Å². The van der Waals surface area contributed by atoms with Crippen molar-refractivity contribution >= 4 is 46.1 Å². The number of ether oxygens (including phenoxy) is 1. The van der Waals surface area contributed by atoms with Gasteiger partial charge in [0, 0.05) is 9.13 Å². The van der Waals surface area contributed by atoms with Gasteiger partial charge in [-0.2, -0.15) is 19.5 Å². The zero-order valence-corrected chi connectivity index (χ0v) is 14.2. The van der Waals surface area contributed by atoms with E-state index in [1.54, 1.807) is 7.11 Å². The van der Waals surface area contributed by atoms with Crippen LogP contribution in [0.15, 0.2) is 23.4 Å². The first kappa shape index (κ1) is 14.3. The number of nitrogens with two attached hydrogens (primary N) is 1. The summed E-state index contributed by atoms with van der Waals surface area (Å²) in [6, 6.07) is 5.72. The van der Waals surface area contributed by atoms with E-state index in [1.807, 2.05) is 24.5 Å². The molecule has 0 saturated heterocycles. The van der Waals surface area contributed by atoms with Crippen molar-refractivity contribution in [3.63, 3.8) is 0 Å². The highest BCUT2D eigenvalue weighted by molar-refractivity contribution is 14.1. The molecule has 2 N–H and O–H groups in total. The molecule has 0 saturated carbocycles. The van der Waals surface area contributed by atoms with E-state index in [-0.39, 0.29) is 5.95 Å². The summed E-state index contributed by atoms with van der Waals surface area (Å²) in [7, 11) is 1.62. The van der Waals surface area contributed by atoms with E-state index in [9.17, 15) is 0 Å². The van der Waals surface area contributed by atoms with Gasteiger partial charge in [-0.25, -0.2) is 0 Å². The molecule has 2 aromatic heterocycles. The van der Waals surface area contributed by atoms with E-state index in [2.05, 4.69) is 42.6 Å². The molecule has 3 aromatic rings. The number of anilines is 1. The Morgan fingerprint density at radius 3 is 2.81 bits per heavy atom. The summed E-state index contributed by atoms with van der Waals surface area (Å²) in [6.45, 7) is 0. The Balaban J connectivity index is 2.19. The largest absolute Gasteiger partial charge is 0.497 e. The van der Waals surface area contributed by atoms with Crippen molar-refractivity contribution in [1.29, 1.82) is 0 Å². The number of benzene rings is 1. The van der Waals surface area contributed by atoms with Gasteiger partial charge >= 0.3 is 0 Å². The van der Waals surface area contributed by atoms with Gasteiger partial charge in [-0.15, -0.1) is 5.10 Å². The molecular formula is C12H11IN6OS. The Labute approximate surface area is 138 Å². The average Bonchev–Trinajstić information content (AvgIpc) is 2.92. The Morgan fingerprint density at radius 2 is 2.10 bits per heavy atom. The van der Waals surface area contributed by atoms with Crippen LogP contribution >= 0.6 is 34.4 Å². The van der Waals surface area contributed by atoms with Crippen LogP contribution in [0, 0.1) is 3.57 Å². The molecule has 7 nitrogen and oxygen atoms in total. The number of hydrogen-bond donors (Lipinski definition) is 1. The van der Waals surface area contributed by atoms with Gasteiger partial charge in [0.25, 0.3) is 5.78 Å². The van der Waals surface area contributed by atoms with Crippen molar-refractivity contribution in [2.45, 2.75) is 5.16 Å². The fourth-order valence-corrected chi connectivity index (χ4v) is 2.73. The quantitative estimate of drug-likeness (QED) is 0.519. The number of thioether (sulfide) groups is 1. The monoisotopic (exact) mass is 414 g/mol. The van der Waals surface area contributed by atoms with Crippen LogP contribution in [0.1, 0.15) is 0 Å². The predicted octanol–water partition coefficient (Wildman–Crippen LogP) is 2.10. The van der Waals surface area contributed by atoms with Gasteiger partial charge in [-0.3, -0.25) is 0 Å². The fraction of sp³-hybridized carbons (Fsp3) is 0.167. The maximum Gasteiger partial charge on any atom is 0.258 e. The molecule has 0 fully saturated rings. The normalized spacial score (nSPS) is 11.0. The molecule has 0 unspecified atom stereocenters. The second-order valence-corrected chi connectivity index (χ2v) is 6.00. The maximum absolute atomic E-state index is 5.89. The third-order valence-corrected chi connectivity index (χ3v) is 4.30. The van der Waals surface area contributed by atoms with Gasteiger partial charge in [0.1, 0.15) is 5.75 Å². The van der Waals surface area contributed by atoms with Crippen LogP contribution in [0.4, 0.5) is 5.95 Å². The third kappa shape index (κ3) is 2.62. The van der Waals surface area contributed by atoms with Crippen LogP contribution in [-0.2, 0) is 0 Å². The summed E-state index contributed by atoms with van der Waals surface area (Å²) in [5.74, 6) is 1.98. The number of methoxy groups -OCH3 is 1. The van der Waals surface area contributed by atoms with Crippen LogP contribution in [0.3, 0.4) is 0 Å². The lowest BCUT2D eigenvalue weighted by Gasteiger charge is -2.03. The lowest BCUT2D eigenvalue weighted by atomic mass is 10.2. The van der Waals surface area contributed by atoms with E-state index >= 15 is 0 Å². The lowest BCUT2D eigenvalue weighted by Crippen LogP contribution is -2.04. The van der Waals surface area contributed by atoms with Crippen LogP contribution in [0.5, 0.6) is 5.75 Å². The summed E-state index contributed by atoms with van der Waals surface area (Å²) in [4.78, 5) is 12.9. The Morgan fingerprint density at radius 1 is 1.29 bits per heavy atom. The SMILES string of the molecule is COc1ccc(I)c(-c2nc3nc(SC)nc(N)n3n2)c1. The smallest absolute Gasteiger partial charge is 0.258 e. The topological polar surface area (TPSA) is 91.2 Å². The zero-order chi connectivity index (χ0) is 15.0. The molecule has 0 spiro atoms. The van der Waals surface area contributed by atoms with Gasteiger partial charge in [0.15, 0.2) is 11.0 Å². The first-order chi connectivity index (χ1) is 10.1. The van der Waals surface area contributed by atoms with Crippen molar-refractivity contribution in [2.75, 3.05) is 19.1 Å². The van der Waals surface area contributed by atoms with E-state index in [0.717, 1.165) is 14.9 Å². The van der Waals surface area contributed by atoms with Gasteiger partial charge in [0.05, 0.1) is 7.11 Å². The molecule has 2 heterocycles. The molecule has 1 aromatic carbocycles. The Kier molecular flexibility index (Phi) is 3.85. The highest BCUT2D eigenvalue weighted by Gasteiger charge is 2.14. The van der Waals surface area contributed by atoms with Crippen LogP contribution < -0.4 is 10.5 Å². The number of aromatic nitrogens is 5. The maximum atomic E-state index is 5.89. The summed E-state index contributed by atoms with van der Waals surface area (Å²) < 4.78 is 7.69. The highest BCUT2D eigenvalue weighted by Crippen LogP contribution is 2.27. The van der Waals surface area contributed by atoms with Gasteiger partial charge in [-0.05, 0) is 47.0 Å². The minimum atomic E-state index is 0.265. The number of nitrogen functional groups attached to an aromatic ring is 1. The predicted molar refractivity (Wildman–Crippen MR) is 89.5 cm³/mol. The van der Waals surface area contributed by atoms with Crippen LogP contribution in [0.25, 0.3) is 17.2 Å². The minimum Gasteiger partial charge on any atom is -0.497 e. The molecule has 0 radical (unpaired) electrons. The second-order valence-electron chi connectivity index (χ2n) is 4.06. The van der Waals surface area contributed by atoms with Crippen molar-refractivity contribution < 1.29 is 4.74 Å². The highest BCUT2D eigenvalue weighted by atomic mass is 127. The van der Waals surface area contributed by atoms with Crippen molar-refractivity contribution in [2.24, 2.45) is 0 Å². The molecule has 21 heavy (non-hydrogen) atoms. The van der Waals surface area contributed by atoms with Crippen molar-refractivity contribution in [1.82, 2.24) is 24.6 Å². The summed E-state index contributed by atoms with van der Waals surface area (Å²) in [5, 5.41) is 4.95. The van der Waals surface area contributed by atoms with Gasteiger partial charge < -0.3 is 10.5 Å². The molecule has 0 aliphatic heterocycles. The van der Waals surface area contributed by atoms with E-state index in [1.165, 1.54) is 16.3 Å². The summed E-state index contributed by atoms with van der Waals surface area (Å²) in [5.41, 5.74) is 6.75. The molecule has 9 heteroatoms. The average molecular weight is 414 g/mol. The Hall–Kier alpha value is -1.62. The molecular weight excluding hydrogens is 403 g/mol. The standard InChI is InChI=1S/C12H11IN6OS/c1-20-6-3-4-8(13)7(5-6)9-15-11-17-12(21-2)16-10(14)19(11)18-9/h3-5H,1-2H3,(H2,14,15,16,17,18). The van der Waals surface area contributed by atoms with Crippen molar-refractivity contribution in [3.05, 3.63) is 21.8 Å². The van der Waals surface area contributed by atoms with Gasteiger partial charge in [-0.1, -0.05) is 11.8 Å². The lowest BCUT2D eigenvalue weighted by molar-refractivity contribution is 0.415. The zero-order valence-electron chi connectivity index (χ0n) is 11.2. The molecule has 0 aliphatic carbocycles. The minimum absolute atomic E-state index is 0.265. The number of rotatable bonds is 3. The molecule has 3 rings (SSSR count). The first-order valence-electron chi connectivity index (χ1n) is 5.90. The van der Waals surface area contributed by atoms with E-state index < -0.39 is 0 Å². The molecule has 0 amide bonds. The molecule has 0 bridgehead atoms. The Bertz CT molecular complexity index is 821. The number of nitrogens with zero attached hydrogens (tertiary/aromatic N) is 5. The number of hydrogen-bond acceptors (Lipinski definition) is 7. The van der Waals surface area contributed by atoms with Gasteiger partial charge in [0.2, 0.25) is 5.95 Å².